The standard InChI is InChI=1S/C26H34N4O7S/c1-17(2)28(3)19-9-10-22(18(15-19)16-38(35,36)20-7-5-4-6-8-20)29-14-13-21(26(29)32)27-25(31)23-11-12-24(37-23)30(33)34/h4-8,11-12,17-19,21-22H,9-10,13-16H2,1-3H3,(H,27,31)/t18-,19+,21-,22-/m0/s1. The molecule has 1 aromatic carbocycles. The average Bonchev–Trinajstić information content (AvgIpc) is 3.52. The first-order valence-electron chi connectivity index (χ1n) is 12.8. The second-order valence-corrected chi connectivity index (χ2v) is 12.4. The number of carbonyl (C=O) groups excluding carboxylic acids is 2. The summed E-state index contributed by atoms with van der Waals surface area (Å²) in [5.41, 5.74) is 0. The maximum absolute atomic E-state index is 13.4. The molecule has 0 spiro atoms. The zero-order valence-corrected chi connectivity index (χ0v) is 22.6. The lowest BCUT2D eigenvalue weighted by Gasteiger charge is -2.44. The van der Waals surface area contributed by atoms with E-state index in [1.165, 1.54) is 6.07 Å². The first-order valence-corrected chi connectivity index (χ1v) is 14.5. The molecule has 1 aliphatic carbocycles. The number of benzene rings is 1. The lowest BCUT2D eigenvalue weighted by atomic mass is 9.81. The second-order valence-electron chi connectivity index (χ2n) is 10.4. The molecule has 4 atom stereocenters. The maximum Gasteiger partial charge on any atom is 0.433 e. The molecule has 1 aromatic heterocycles. The largest absolute Gasteiger partial charge is 0.433 e. The molecule has 0 radical (unpaired) electrons. The van der Waals surface area contributed by atoms with Crippen LogP contribution in [0.2, 0.25) is 0 Å². The predicted octanol–water partition coefficient (Wildman–Crippen LogP) is 2.87. The van der Waals surface area contributed by atoms with Crippen LogP contribution in [0.4, 0.5) is 5.88 Å². The molecule has 0 bridgehead atoms. The van der Waals surface area contributed by atoms with Gasteiger partial charge in [-0.05, 0) is 70.7 Å². The Bertz CT molecular complexity index is 1280. The Morgan fingerprint density at radius 1 is 1.18 bits per heavy atom. The van der Waals surface area contributed by atoms with Crippen LogP contribution in [0, 0.1) is 16.0 Å². The molecule has 1 aliphatic heterocycles. The quantitative estimate of drug-likeness (QED) is 0.374. The summed E-state index contributed by atoms with van der Waals surface area (Å²) in [6, 6.07) is 10.1. The summed E-state index contributed by atoms with van der Waals surface area (Å²) < 4.78 is 31.6. The Kier molecular flexibility index (Phi) is 8.22. The zero-order chi connectivity index (χ0) is 27.6. The Balaban J connectivity index is 1.51. The zero-order valence-electron chi connectivity index (χ0n) is 21.8. The molecular weight excluding hydrogens is 512 g/mol. The highest BCUT2D eigenvalue weighted by atomic mass is 32.2. The minimum atomic E-state index is -3.58. The molecule has 206 valence electrons. The highest BCUT2D eigenvalue weighted by Gasteiger charge is 2.44. The number of furan rings is 1. The van der Waals surface area contributed by atoms with E-state index in [9.17, 15) is 28.1 Å². The summed E-state index contributed by atoms with van der Waals surface area (Å²) in [6.07, 6.45) is 2.49. The Labute approximate surface area is 222 Å². The first-order chi connectivity index (χ1) is 18.0. The van der Waals surface area contributed by atoms with Gasteiger partial charge in [-0.25, -0.2) is 8.42 Å². The number of sulfone groups is 1. The third-order valence-corrected chi connectivity index (χ3v) is 9.64. The molecule has 0 unspecified atom stereocenters. The van der Waals surface area contributed by atoms with E-state index in [4.69, 9.17) is 4.42 Å². The van der Waals surface area contributed by atoms with Crippen molar-refractivity contribution < 1.29 is 27.3 Å². The topological polar surface area (TPSA) is 143 Å². The molecule has 2 heterocycles. The molecule has 11 nitrogen and oxygen atoms in total. The van der Waals surface area contributed by atoms with E-state index >= 15 is 0 Å². The molecule has 4 rings (SSSR count). The van der Waals surface area contributed by atoms with E-state index in [1.54, 1.807) is 35.2 Å². The fourth-order valence-corrected chi connectivity index (χ4v) is 7.24. The Morgan fingerprint density at radius 3 is 2.53 bits per heavy atom. The van der Waals surface area contributed by atoms with Crippen LogP contribution in [0.1, 0.15) is 50.1 Å². The third kappa shape index (κ3) is 5.91. The molecule has 1 saturated carbocycles. The summed E-state index contributed by atoms with van der Waals surface area (Å²) in [6.45, 7) is 4.60. The monoisotopic (exact) mass is 546 g/mol. The number of nitro groups is 1. The van der Waals surface area contributed by atoms with Crippen molar-refractivity contribution in [2.45, 2.75) is 68.6 Å². The predicted molar refractivity (Wildman–Crippen MR) is 139 cm³/mol. The van der Waals surface area contributed by atoms with Gasteiger partial charge in [0.25, 0.3) is 5.91 Å². The van der Waals surface area contributed by atoms with Gasteiger partial charge in [-0.15, -0.1) is 0 Å². The Morgan fingerprint density at radius 2 is 1.89 bits per heavy atom. The minimum absolute atomic E-state index is 0.0685. The van der Waals surface area contributed by atoms with Crippen molar-refractivity contribution in [1.29, 1.82) is 0 Å². The van der Waals surface area contributed by atoms with Crippen molar-refractivity contribution in [2.24, 2.45) is 5.92 Å². The molecule has 1 saturated heterocycles. The lowest BCUT2D eigenvalue weighted by molar-refractivity contribution is -0.402. The van der Waals surface area contributed by atoms with Crippen molar-refractivity contribution in [3.63, 3.8) is 0 Å². The molecule has 38 heavy (non-hydrogen) atoms. The first kappa shape index (κ1) is 27.8. The van der Waals surface area contributed by atoms with Crippen LogP contribution in [0.3, 0.4) is 0 Å². The summed E-state index contributed by atoms with van der Waals surface area (Å²) in [7, 11) is -1.53. The molecule has 2 aromatic rings. The van der Waals surface area contributed by atoms with E-state index in [2.05, 4.69) is 24.1 Å². The maximum atomic E-state index is 13.4. The third-order valence-electron chi connectivity index (χ3n) is 7.78. The van der Waals surface area contributed by atoms with Crippen molar-refractivity contribution in [1.82, 2.24) is 15.1 Å². The van der Waals surface area contributed by atoms with Crippen LogP contribution in [-0.4, -0.2) is 78.5 Å². The fourth-order valence-electron chi connectivity index (χ4n) is 5.55. The van der Waals surface area contributed by atoms with Gasteiger partial charge in [0.1, 0.15) is 11.0 Å². The van der Waals surface area contributed by atoms with E-state index < -0.39 is 32.6 Å². The van der Waals surface area contributed by atoms with Gasteiger partial charge in [-0.2, -0.15) is 0 Å². The number of nitrogens with one attached hydrogen (secondary N) is 1. The van der Waals surface area contributed by atoms with Crippen LogP contribution < -0.4 is 5.32 Å². The SMILES string of the molecule is CC(C)N(C)[C@@H]1CC[C@H](N2CC[C@H](NC(=O)c3ccc([N+](=O)[O-])o3)C2=O)[C@H](CS(=O)(=O)c2ccccc2)C1. The number of nitrogens with zero attached hydrogens (tertiary/aromatic N) is 3. The molecular formula is C26H34N4O7S. The summed E-state index contributed by atoms with van der Waals surface area (Å²) >= 11 is 0. The normalized spacial score (nSPS) is 24.2. The average molecular weight is 547 g/mol. The molecule has 2 amide bonds. The van der Waals surface area contributed by atoms with Crippen LogP contribution in [0.5, 0.6) is 0 Å². The number of hydrogen-bond acceptors (Lipinski definition) is 8. The number of hydrogen-bond donors (Lipinski definition) is 1. The number of carbonyl (C=O) groups is 2. The van der Waals surface area contributed by atoms with Crippen molar-refractivity contribution >= 4 is 27.5 Å². The summed E-state index contributed by atoms with van der Waals surface area (Å²) in [4.78, 5) is 40.3. The number of rotatable bonds is 9. The van der Waals surface area contributed by atoms with Crippen LogP contribution >= 0.6 is 0 Å². The number of amides is 2. The molecule has 1 N–H and O–H groups in total. The fraction of sp³-hybridized carbons (Fsp3) is 0.538. The molecule has 2 aliphatic rings. The number of likely N-dealkylation sites (tertiary alicyclic amines) is 1. The second kappa shape index (κ2) is 11.2. The smallest absolute Gasteiger partial charge is 0.395 e. The van der Waals surface area contributed by atoms with Crippen molar-refractivity contribution in [3.05, 3.63) is 58.3 Å². The summed E-state index contributed by atoms with van der Waals surface area (Å²) in [5, 5.41) is 13.5. The van der Waals surface area contributed by atoms with Gasteiger partial charge >= 0.3 is 5.88 Å². The van der Waals surface area contributed by atoms with Gasteiger partial charge in [-0.3, -0.25) is 19.7 Å². The van der Waals surface area contributed by atoms with E-state index in [0.29, 0.717) is 31.8 Å². The lowest BCUT2D eigenvalue weighted by Crippen LogP contribution is -2.53. The minimum Gasteiger partial charge on any atom is -0.395 e. The van der Waals surface area contributed by atoms with E-state index in [-0.39, 0.29) is 40.3 Å². The highest BCUT2D eigenvalue weighted by Crippen LogP contribution is 2.36. The highest BCUT2D eigenvalue weighted by molar-refractivity contribution is 7.91. The van der Waals surface area contributed by atoms with Gasteiger partial charge < -0.3 is 19.5 Å². The van der Waals surface area contributed by atoms with E-state index in [1.807, 2.05) is 7.05 Å². The van der Waals surface area contributed by atoms with E-state index in [0.717, 1.165) is 12.5 Å². The van der Waals surface area contributed by atoms with Gasteiger partial charge in [0, 0.05) is 24.7 Å². The molecule has 2 fully saturated rings. The van der Waals surface area contributed by atoms with Gasteiger partial charge in [0.2, 0.25) is 5.91 Å². The Hall–Kier alpha value is -3.25. The van der Waals surface area contributed by atoms with Gasteiger partial charge in [0.15, 0.2) is 15.6 Å². The van der Waals surface area contributed by atoms with Gasteiger partial charge in [0.05, 0.1) is 16.7 Å². The van der Waals surface area contributed by atoms with Gasteiger partial charge in [-0.1, -0.05) is 18.2 Å². The van der Waals surface area contributed by atoms with Crippen LogP contribution in [0.25, 0.3) is 0 Å². The van der Waals surface area contributed by atoms with Crippen LogP contribution in [-0.2, 0) is 14.6 Å². The van der Waals surface area contributed by atoms with Crippen molar-refractivity contribution in [3.8, 4) is 0 Å². The van der Waals surface area contributed by atoms with Crippen LogP contribution in [0.15, 0.2) is 51.8 Å². The van der Waals surface area contributed by atoms with Crippen molar-refractivity contribution in [2.75, 3.05) is 19.3 Å². The summed E-state index contributed by atoms with van der Waals surface area (Å²) in [5.74, 6) is -2.12. The molecule has 12 heteroatoms.